The lowest BCUT2D eigenvalue weighted by atomic mass is 10.1. The predicted molar refractivity (Wildman–Crippen MR) is 156 cm³/mol. The van der Waals surface area contributed by atoms with Gasteiger partial charge in [0.25, 0.3) is 0 Å². The molecule has 0 fully saturated rings. The fourth-order valence-corrected chi connectivity index (χ4v) is 4.51. The summed E-state index contributed by atoms with van der Waals surface area (Å²) < 4.78 is 8.46. The van der Waals surface area contributed by atoms with E-state index in [2.05, 4.69) is 51.8 Å². The number of ether oxygens (including phenoxy) is 1. The minimum Gasteiger partial charge on any atom is -0.497 e. The molecule has 0 radical (unpaired) electrons. The average Bonchev–Trinajstić information content (AvgIpc) is 3.33. The van der Waals surface area contributed by atoms with Crippen LogP contribution in [0.15, 0.2) is 71.3 Å². The van der Waals surface area contributed by atoms with Gasteiger partial charge >= 0.3 is 6.03 Å². The maximum absolute atomic E-state index is 13.7. The van der Waals surface area contributed by atoms with Gasteiger partial charge in [-0.25, -0.2) is 4.79 Å². The molecule has 3 rings (SSSR count). The van der Waals surface area contributed by atoms with Crippen molar-refractivity contribution in [3.8, 4) is 5.75 Å². The quantitative estimate of drug-likeness (QED) is 0.261. The SMILES string of the molecule is CCC(C)N(Cc1cccn1Cc1cccc(OC)c1)C(=O)CN(CC(C)C)C(=O)Nc1ccc(Br)cc1. The van der Waals surface area contributed by atoms with Gasteiger partial charge in [0, 0.05) is 41.2 Å². The highest BCUT2D eigenvalue weighted by Crippen LogP contribution is 2.19. The number of nitrogens with one attached hydrogen (secondary N) is 1. The molecule has 7 nitrogen and oxygen atoms in total. The van der Waals surface area contributed by atoms with Crippen molar-refractivity contribution in [2.45, 2.75) is 53.2 Å². The first-order valence-electron chi connectivity index (χ1n) is 13.1. The molecule has 1 N–H and O–H groups in total. The highest BCUT2D eigenvalue weighted by atomic mass is 79.9. The largest absolute Gasteiger partial charge is 0.497 e. The molecule has 0 spiro atoms. The number of amides is 3. The number of methoxy groups -OCH3 is 1. The number of aromatic nitrogens is 1. The van der Waals surface area contributed by atoms with Gasteiger partial charge in [0.2, 0.25) is 5.91 Å². The summed E-state index contributed by atoms with van der Waals surface area (Å²) in [6.45, 7) is 9.86. The molecule has 204 valence electrons. The van der Waals surface area contributed by atoms with E-state index in [-0.39, 0.29) is 30.4 Å². The normalized spacial score (nSPS) is 11.8. The smallest absolute Gasteiger partial charge is 0.322 e. The fraction of sp³-hybridized carbons (Fsp3) is 0.400. The number of carbonyl (C=O) groups is 2. The molecule has 1 aromatic heterocycles. The number of nitrogens with zero attached hydrogens (tertiary/aromatic N) is 3. The maximum atomic E-state index is 13.7. The second-order valence-electron chi connectivity index (χ2n) is 9.97. The van der Waals surface area contributed by atoms with Crippen molar-refractivity contribution in [3.05, 3.63) is 82.6 Å². The lowest BCUT2D eigenvalue weighted by Crippen LogP contribution is -2.48. The third-order valence-electron chi connectivity index (χ3n) is 6.48. The van der Waals surface area contributed by atoms with E-state index < -0.39 is 0 Å². The van der Waals surface area contributed by atoms with Crippen molar-refractivity contribution in [2.24, 2.45) is 5.92 Å². The van der Waals surface area contributed by atoms with E-state index in [9.17, 15) is 9.59 Å². The molecule has 0 aliphatic carbocycles. The Labute approximate surface area is 234 Å². The summed E-state index contributed by atoms with van der Waals surface area (Å²) in [5.74, 6) is 0.968. The number of anilines is 1. The summed E-state index contributed by atoms with van der Waals surface area (Å²) in [6, 6.07) is 19.2. The third kappa shape index (κ3) is 8.38. The van der Waals surface area contributed by atoms with E-state index in [1.807, 2.05) is 73.5 Å². The summed E-state index contributed by atoms with van der Waals surface area (Å²) in [7, 11) is 1.66. The molecule has 1 atom stereocenters. The monoisotopic (exact) mass is 582 g/mol. The standard InChI is InChI=1S/C30H39BrN4O3/c1-6-23(4)35(20-27-10-8-16-33(27)19-24-9-7-11-28(17-24)38-5)29(36)21-34(18-22(2)3)30(37)32-26-14-12-25(31)13-15-26/h7-17,22-23H,6,18-21H2,1-5H3,(H,32,37). The molecule has 0 aliphatic rings. The molecule has 1 unspecified atom stereocenters. The van der Waals surface area contributed by atoms with Crippen LogP contribution >= 0.6 is 15.9 Å². The van der Waals surface area contributed by atoms with Gasteiger partial charge in [0.1, 0.15) is 12.3 Å². The summed E-state index contributed by atoms with van der Waals surface area (Å²) >= 11 is 3.42. The van der Waals surface area contributed by atoms with Crippen molar-refractivity contribution >= 4 is 33.6 Å². The number of halogens is 1. The van der Waals surface area contributed by atoms with E-state index in [4.69, 9.17) is 4.74 Å². The van der Waals surface area contributed by atoms with E-state index in [0.717, 1.165) is 27.9 Å². The Morgan fingerprint density at radius 2 is 1.79 bits per heavy atom. The van der Waals surface area contributed by atoms with Crippen LogP contribution in [0.3, 0.4) is 0 Å². The lowest BCUT2D eigenvalue weighted by Gasteiger charge is -2.32. The number of hydrogen-bond acceptors (Lipinski definition) is 3. The molecule has 0 saturated carbocycles. The molecule has 8 heteroatoms. The Morgan fingerprint density at radius 3 is 2.45 bits per heavy atom. The molecule has 0 bridgehead atoms. The van der Waals surface area contributed by atoms with Gasteiger partial charge in [-0.15, -0.1) is 0 Å². The summed E-state index contributed by atoms with van der Waals surface area (Å²) in [5.41, 5.74) is 2.85. The Bertz CT molecular complexity index is 1190. The molecule has 3 amide bonds. The van der Waals surface area contributed by atoms with E-state index in [1.165, 1.54) is 0 Å². The molecular formula is C30H39BrN4O3. The highest BCUT2D eigenvalue weighted by Gasteiger charge is 2.25. The minimum absolute atomic E-state index is 0.0154. The van der Waals surface area contributed by atoms with E-state index in [1.54, 1.807) is 12.0 Å². The van der Waals surface area contributed by atoms with Gasteiger partial charge < -0.3 is 24.4 Å². The van der Waals surface area contributed by atoms with Gasteiger partial charge in [0.05, 0.1) is 13.7 Å². The summed E-state index contributed by atoms with van der Waals surface area (Å²) in [5, 5.41) is 2.93. The Kier molecular flexibility index (Phi) is 10.8. The van der Waals surface area contributed by atoms with Gasteiger partial charge in [-0.3, -0.25) is 4.79 Å². The van der Waals surface area contributed by atoms with Crippen molar-refractivity contribution in [1.82, 2.24) is 14.4 Å². The first kappa shape index (κ1) is 29.3. The minimum atomic E-state index is -0.278. The Hall–Kier alpha value is -3.26. The molecule has 38 heavy (non-hydrogen) atoms. The van der Waals surface area contributed by atoms with Crippen LogP contribution in [0.25, 0.3) is 0 Å². The lowest BCUT2D eigenvalue weighted by molar-refractivity contribution is -0.134. The average molecular weight is 584 g/mol. The second-order valence-corrected chi connectivity index (χ2v) is 10.9. The number of carbonyl (C=O) groups excluding carboxylic acids is 2. The third-order valence-corrected chi connectivity index (χ3v) is 7.01. The van der Waals surface area contributed by atoms with Crippen LogP contribution in [0.2, 0.25) is 0 Å². The van der Waals surface area contributed by atoms with E-state index in [0.29, 0.717) is 25.3 Å². The van der Waals surface area contributed by atoms with Gasteiger partial charge in [0.15, 0.2) is 0 Å². The molecule has 0 aliphatic heterocycles. The van der Waals surface area contributed by atoms with Crippen LogP contribution in [0, 0.1) is 5.92 Å². The van der Waals surface area contributed by atoms with Crippen LogP contribution in [-0.4, -0.2) is 52.5 Å². The Balaban J connectivity index is 1.76. The zero-order valence-corrected chi connectivity index (χ0v) is 24.6. The zero-order valence-electron chi connectivity index (χ0n) is 23.0. The fourth-order valence-electron chi connectivity index (χ4n) is 4.25. The molecule has 3 aromatic rings. The van der Waals surface area contributed by atoms with Crippen molar-refractivity contribution in [1.29, 1.82) is 0 Å². The first-order chi connectivity index (χ1) is 18.2. The topological polar surface area (TPSA) is 66.8 Å². The Morgan fingerprint density at radius 1 is 1.05 bits per heavy atom. The number of urea groups is 1. The van der Waals surface area contributed by atoms with Crippen molar-refractivity contribution in [2.75, 3.05) is 25.5 Å². The summed E-state index contributed by atoms with van der Waals surface area (Å²) in [4.78, 5) is 30.4. The van der Waals surface area contributed by atoms with E-state index >= 15 is 0 Å². The molecular weight excluding hydrogens is 544 g/mol. The summed E-state index contributed by atoms with van der Waals surface area (Å²) in [6.07, 6.45) is 2.85. The van der Waals surface area contributed by atoms with Gasteiger partial charge in [-0.05, 0) is 73.4 Å². The van der Waals surface area contributed by atoms with Crippen LogP contribution in [0.1, 0.15) is 45.4 Å². The van der Waals surface area contributed by atoms with Crippen LogP contribution in [0.5, 0.6) is 5.75 Å². The molecule has 1 heterocycles. The maximum Gasteiger partial charge on any atom is 0.322 e. The number of benzene rings is 2. The van der Waals surface area contributed by atoms with Gasteiger partial charge in [-0.2, -0.15) is 0 Å². The van der Waals surface area contributed by atoms with Crippen LogP contribution in [-0.2, 0) is 17.9 Å². The second kappa shape index (κ2) is 14.0. The zero-order chi connectivity index (χ0) is 27.7. The van der Waals surface area contributed by atoms with Crippen LogP contribution in [0.4, 0.5) is 10.5 Å². The molecule has 2 aromatic carbocycles. The van der Waals surface area contributed by atoms with Crippen LogP contribution < -0.4 is 10.1 Å². The van der Waals surface area contributed by atoms with Crippen molar-refractivity contribution < 1.29 is 14.3 Å². The molecule has 0 saturated heterocycles. The van der Waals surface area contributed by atoms with Crippen molar-refractivity contribution in [3.63, 3.8) is 0 Å². The predicted octanol–water partition coefficient (Wildman–Crippen LogP) is 6.62. The first-order valence-corrected chi connectivity index (χ1v) is 13.9. The number of hydrogen-bond donors (Lipinski definition) is 1. The number of rotatable bonds is 12. The van der Waals surface area contributed by atoms with Gasteiger partial charge in [-0.1, -0.05) is 48.8 Å². The highest BCUT2D eigenvalue weighted by molar-refractivity contribution is 9.10.